The molecule has 2 nitrogen and oxygen atoms in total. The van der Waals surface area contributed by atoms with Gasteiger partial charge in [0.05, 0.1) is 23.7 Å². The van der Waals surface area contributed by atoms with Crippen molar-refractivity contribution in [2.24, 2.45) is 0 Å². The van der Waals surface area contributed by atoms with E-state index in [-0.39, 0.29) is 11.3 Å². The molecule has 1 heterocycles. The lowest BCUT2D eigenvalue weighted by molar-refractivity contribution is -0.138. The minimum absolute atomic E-state index is 0.151. The largest absolute Gasteiger partial charge is 0.418 e. The van der Waals surface area contributed by atoms with Crippen LogP contribution in [0.25, 0.3) is 11.1 Å². The lowest BCUT2D eigenvalue weighted by Crippen LogP contribution is -2.11. The Bertz CT molecular complexity index is 672. The minimum Gasteiger partial charge on any atom is -0.259 e. The molecule has 2 rings (SSSR count). The number of aromatic nitrogens is 1. The maximum absolute atomic E-state index is 13.1. The van der Waals surface area contributed by atoms with Gasteiger partial charge in [-0.2, -0.15) is 18.4 Å². The average molecular weight is 280 g/mol. The Morgan fingerprint density at radius 2 is 1.90 bits per heavy atom. The Labute approximate surface area is 112 Å². The van der Waals surface area contributed by atoms with Crippen molar-refractivity contribution in [2.45, 2.75) is 12.6 Å². The van der Waals surface area contributed by atoms with Crippen LogP contribution in [0, 0.1) is 17.1 Å². The molecule has 102 valence electrons. The van der Waals surface area contributed by atoms with Crippen molar-refractivity contribution in [3.8, 4) is 17.2 Å². The fourth-order valence-electron chi connectivity index (χ4n) is 1.78. The van der Waals surface area contributed by atoms with Gasteiger partial charge in [-0.05, 0) is 23.8 Å². The standard InChI is InChI=1S/C14H8F4N2/c15-11-3-1-2-9(6-11)10-7-12(14(16,17)18)13(4-5-19)20-8-10/h1-3,6-8H,4H2. The van der Waals surface area contributed by atoms with Crippen LogP contribution >= 0.6 is 0 Å². The van der Waals surface area contributed by atoms with Gasteiger partial charge in [0.1, 0.15) is 5.82 Å². The summed E-state index contributed by atoms with van der Waals surface area (Å²) in [6.45, 7) is 0. The van der Waals surface area contributed by atoms with E-state index in [0.29, 0.717) is 5.56 Å². The molecule has 0 radical (unpaired) electrons. The average Bonchev–Trinajstić information content (AvgIpc) is 2.38. The summed E-state index contributed by atoms with van der Waals surface area (Å²) >= 11 is 0. The SMILES string of the molecule is N#CCc1ncc(-c2cccc(F)c2)cc1C(F)(F)F. The Hall–Kier alpha value is -2.42. The van der Waals surface area contributed by atoms with Crippen LogP contribution in [0.3, 0.4) is 0 Å². The summed E-state index contributed by atoms with van der Waals surface area (Å²) in [4.78, 5) is 3.68. The number of pyridine rings is 1. The zero-order valence-corrected chi connectivity index (χ0v) is 10.1. The maximum Gasteiger partial charge on any atom is 0.418 e. The van der Waals surface area contributed by atoms with Crippen molar-refractivity contribution >= 4 is 0 Å². The molecule has 2 aromatic rings. The smallest absolute Gasteiger partial charge is 0.259 e. The van der Waals surface area contributed by atoms with E-state index in [0.717, 1.165) is 12.1 Å². The van der Waals surface area contributed by atoms with Crippen LogP contribution in [0.5, 0.6) is 0 Å². The number of hydrogen-bond acceptors (Lipinski definition) is 2. The van der Waals surface area contributed by atoms with E-state index in [1.807, 2.05) is 0 Å². The highest BCUT2D eigenvalue weighted by molar-refractivity contribution is 5.63. The van der Waals surface area contributed by atoms with Gasteiger partial charge >= 0.3 is 6.18 Å². The first-order valence-corrected chi connectivity index (χ1v) is 5.61. The zero-order valence-electron chi connectivity index (χ0n) is 10.1. The van der Waals surface area contributed by atoms with Crippen molar-refractivity contribution < 1.29 is 17.6 Å². The normalized spacial score (nSPS) is 11.2. The first-order chi connectivity index (χ1) is 9.41. The van der Waals surface area contributed by atoms with E-state index in [9.17, 15) is 17.6 Å². The Kier molecular flexibility index (Phi) is 3.70. The number of halogens is 4. The van der Waals surface area contributed by atoms with E-state index in [1.54, 1.807) is 6.07 Å². The van der Waals surface area contributed by atoms with Gasteiger partial charge in [0.15, 0.2) is 0 Å². The molecule has 0 N–H and O–H groups in total. The second-order valence-corrected chi connectivity index (χ2v) is 4.06. The third-order valence-corrected chi connectivity index (χ3v) is 2.68. The van der Waals surface area contributed by atoms with Gasteiger partial charge in [0.2, 0.25) is 0 Å². The van der Waals surface area contributed by atoms with Crippen LogP contribution in [-0.2, 0) is 12.6 Å². The number of rotatable bonds is 2. The second-order valence-electron chi connectivity index (χ2n) is 4.06. The highest BCUT2D eigenvalue weighted by Gasteiger charge is 2.34. The van der Waals surface area contributed by atoms with Crippen LogP contribution in [0.2, 0.25) is 0 Å². The Balaban J connectivity index is 2.56. The zero-order chi connectivity index (χ0) is 14.8. The van der Waals surface area contributed by atoms with Crippen LogP contribution in [-0.4, -0.2) is 4.98 Å². The predicted molar refractivity (Wildman–Crippen MR) is 64.0 cm³/mol. The number of nitriles is 1. The van der Waals surface area contributed by atoms with Crippen LogP contribution in [0.4, 0.5) is 17.6 Å². The van der Waals surface area contributed by atoms with Crippen molar-refractivity contribution in [3.63, 3.8) is 0 Å². The first-order valence-electron chi connectivity index (χ1n) is 5.61. The molecule has 0 amide bonds. The molecular formula is C14H8F4N2. The maximum atomic E-state index is 13.1. The third kappa shape index (κ3) is 2.94. The highest BCUT2D eigenvalue weighted by Crippen LogP contribution is 2.34. The van der Waals surface area contributed by atoms with Crippen molar-refractivity contribution in [1.29, 1.82) is 5.26 Å². The molecule has 0 saturated heterocycles. The molecule has 0 aliphatic heterocycles. The molecule has 0 spiro atoms. The molecule has 0 aliphatic carbocycles. The molecule has 0 atom stereocenters. The number of benzene rings is 1. The van der Waals surface area contributed by atoms with Gasteiger partial charge < -0.3 is 0 Å². The third-order valence-electron chi connectivity index (χ3n) is 2.68. The van der Waals surface area contributed by atoms with Gasteiger partial charge in [-0.15, -0.1) is 0 Å². The van der Waals surface area contributed by atoms with Crippen molar-refractivity contribution in [3.05, 3.63) is 53.6 Å². The van der Waals surface area contributed by atoms with E-state index in [1.165, 1.54) is 24.4 Å². The molecule has 0 saturated carbocycles. The molecule has 0 bridgehead atoms. The van der Waals surface area contributed by atoms with E-state index in [4.69, 9.17) is 5.26 Å². The van der Waals surface area contributed by atoms with Gasteiger partial charge in [0.25, 0.3) is 0 Å². The van der Waals surface area contributed by atoms with Crippen LogP contribution < -0.4 is 0 Å². The highest BCUT2D eigenvalue weighted by atomic mass is 19.4. The second kappa shape index (κ2) is 5.29. The summed E-state index contributed by atoms with van der Waals surface area (Å²) in [6, 6.07) is 7.75. The van der Waals surface area contributed by atoms with Crippen molar-refractivity contribution in [2.75, 3.05) is 0 Å². The van der Waals surface area contributed by atoms with Crippen LogP contribution in [0.1, 0.15) is 11.3 Å². The summed E-state index contributed by atoms with van der Waals surface area (Å²) in [5.74, 6) is -0.544. The summed E-state index contributed by atoms with van der Waals surface area (Å²) < 4.78 is 51.9. The fraction of sp³-hybridized carbons (Fsp3) is 0.143. The number of hydrogen-bond donors (Lipinski definition) is 0. The minimum atomic E-state index is -4.61. The fourth-order valence-corrected chi connectivity index (χ4v) is 1.78. The van der Waals surface area contributed by atoms with Gasteiger partial charge in [-0.25, -0.2) is 4.39 Å². The Morgan fingerprint density at radius 1 is 1.15 bits per heavy atom. The molecule has 20 heavy (non-hydrogen) atoms. The summed E-state index contributed by atoms with van der Waals surface area (Å²) in [6.07, 6.45) is -3.84. The first kappa shape index (κ1) is 14.0. The molecule has 1 aromatic heterocycles. The van der Waals surface area contributed by atoms with Crippen LogP contribution in [0.15, 0.2) is 36.5 Å². The summed E-state index contributed by atoms with van der Waals surface area (Å²) in [5.41, 5.74) is -0.856. The number of alkyl halides is 3. The Morgan fingerprint density at radius 3 is 2.50 bits per heavy atom. The lowest BCUT2D eigenvalue weighted by Gasteiger charge is -2.12. The molecule has 0 aliphatic rings. The topological polar surface area (TPSA) is 36.7 Å². The van der Waals surface area contributed by atoms with E-state index in [2.05, 4.69) is 4.98 Å². The molecule has 6 heteroatoms. The molecule has 1 aromatic carbocycles. The van der Waals surface area contributed by atoms with Crippen molar-refractivity contribution in [1.82, 2.24) is 4.98 Å². The van der Waals surface area contributed by atoms with E-state index < -0.39 is 24.0 Å². The quantitative estimate of drug-likeness (QED) is 0.780. The van der Waals surface area contributed by atoms with E-state index >= 15 is 0 Å². The number of nitrogens with zero attached hydrogens (tertiary/aromatic N) is 2. The predicted octanol–water partition coefficient (Wildman–Crippen LogP) is 3.97. The van der Waals surface area contributed by atoms with Gasteiger partial charge in [-0.1, -0.05) is 12.1 Å². The molecule has 0 fully saturated rings. The summed E-state index contributed by atoms with van der Waals surface area (Å²) in [5, 5.41) is 8.53. The summed E-state index contributed by atoms with van der Waals surface area (Å²) in [7, 11) is 0. The monoisotopic (exact) mass is 280 g/mol. The molecule has 0 unspecified atom stereocenters. The van der Waals surface area contributed by atoms with Gasteiger partial charge in [0, 0.05) is 11.8 Å². The lowest BCUT2D eigenvalue weighted by atomic mass is 10.0. The molecular weight excluding hydrogens is 272 g/mol. The van der Waals surface area contributed by atoms with Gasteiger partial charge in [-0.3, -0.25) is 4.98 Å².